The van der Waals surface area contributed by atoms with Crippen molar-refractivity contribution in [2.24, 2.45) is 0 Å². The quantitative estimate of drug-likeness (QED) is 0.763. The second-order valence-corrected chi connectivity index (χ2v) is 5.79. The Balaban J connectivity index is 1.57. The van der Waals surface area contributed by atoms with Gasteiger partial charge in [0.2, 0.25) is 5.95 Å². The summed E-state index contributed by atoms with van der Waals surface area (Å²) in [5.74, 6) is 0.765. The molecular weight excluding hydrogens is 282 g/mol. The Hall–Kier alpha value is -1.89. The molecule has 2 aliphatic heterocycles. The number of urea groups is 1. The minimum absolute atomic E-state index is 0.129. The summed E-state index contributed by atoms with van der Waals surface area (Å²) in [4.78, 5) is 27.3. The number of rotatable bonds is 1. The highest BCUT2D eigenvalue weighted by atomic mass is 16.5. The topological polar surface area (TPSA) is 61.8 Å². The van der Waals surface area contributed by atoms with Gasteiger partial charge in [0.25, 0.3) is 0 Å². The van der Waals surface area contributed by atoms with Crippen molar-refractivity contribution >= 4 is 12.0 Å². The van der Waals surface area contributed by atoms with Crippen molar-refractivity contribution in [3.63, 3.8) is 0 Å². The molecule has 120 valence electrons. The van der Waals surface area contributed by atoms with Gasteiger partial charge >= 0.3 is 6.03 Å². The average molecular weight is 305 g/mol. The van der Waals surface area contributed by atoms with E-state index in [2.05, 4.69) is 14.9 Å². The molecule has 0 aliphatic carbocycles. The number of hydrogen-bond acceptors (Lipinski definition) is 5. The van der Waals surface area contributed by atoms with Crippen LogP contribution in [-0.4, -0.2) is 78.3 Å². The summed E-state index contributed by atoms with van der Waals surface area (Å²) in [6.07, 6.45) is 1.86. The number of carbonyl (C=O) groups excluding carboxylic acids is 1. The Morgan fingerprint density at radius 1 is 1.05 bits per heavy atom. The van der Waals surface area contributed by atoms with E-state index in [9.17, 15) is 4.79 Å². The molecule has 3 rings (SSSR count). The fraction of sp³-hybridized carbons (Fsp3) is 0.667. The van der Waals surface area contributed by atoms with Crippen LogP contribution in [0.4, 0.5) is 10.7 Å². The monoisotopic (exact) mass is 305 g/mol. The summed E-state index contributed by atoms with van der Waals surface area (Å²) in [6, 6.07) is 0.129. The first-order valence-electron chi connectivity index (χ1n) is 7.82. The molecule has 2 aliphatic rings. The van der Waals surface area contributed by atoms with Crippen LogP contribution in [0.1, 0.15) is 11.3 Å². The van der Waals surface area contributed by atoms with E-state index < -0.39 is 0 Å². The summed E-state index contributed by atoms with van der Waals surface area (Å²) in [5, 5.41) is 0. The van der Waals surface area contributed by atoms with Gasteiger partial charge in [-0.3, -0.25) is 0 Å². The van der Waals surface area contributed by atoms with Crippen LogP contribution < -0.4 is 4.90 Å². The molecule has 1 aromatic heterocycles. The number of amides is 2. The zero-order valence-corrected chi connectivity index (χ0v) is 13.3. The van der Waals surface area contributed by atoms with Crippen LogP contribution in [0.15, 0.2) is 6.20 Å². The molecule has 1 aromatic rings. The van der Waals surface area contributed by atoms with E-state index in [4.69, 9.17) is 4.74 Å². The SMILES string of the molecule is Cc1cnc(N2CCN(C(=O)N3CCOCC3)CC2)nc1C. The van der Waals surface area contributed by atoms with Gasteiger partial charge in [0.15, 0.2) is 0 Å². The first kappa shape index (κ1) is 15.0. The van der Waals surface area contributed by atoms with Crippen molar-refractivity contribution in [1.82, 2.24) is 19.8 Å². The molecule has 0 radical (unpaired) electrons. The van der Waals surface area contributed by atoms with Gasteiger partial charge in [0.05, 0.1) is 13.2 Å². The maximum atomic E-state index is 12.4. The third-order valence-corrected chi connectivity index (χ3v) is 4.33. The highest BCUT2D eigenvalue weighted by Gasteiger charge is 2.27. The van der Waals surface area contributed by atoms with Crippen molar-refractivity contribution in [2.75, 3.05) is 57.4 Å². The van der Waals surface area contributed by atoms with Gasteiger partial charge in [-0.15, -0.1) is 0 Å². The summed E-state index contributed by atoms with van der Waals surface area (Å²) >= 11 is 0. The van der Waals surface area contributed by atoms with Gasteiger partial charge in [0.1, 0.15) is 0 Å². The van der Waals surface area contributed by atoms with Crippen molar-refractivity contribution < 1.29 is 9.53 Å². The molecule has 0 bridgehead atoms. The largest absolute Gasteiger partial charge is 0.378 e. The van der Waals surface area contributed by atoms with E-state index in [1.54, 1.807) is 0 Å². The second-order valence-electron chi connectivity index (χ2n) is 5.79. The zero-order chi connectivity index (χ0) is 15.5. The molecular formula is C15H23N5O2. The lowest BCUT2D eigenvalue weighted by Crippen LogP contribution is -2.55. The van der Waals surface area contributed by atoms with Crippen molar-refractivity contribution in [2.45, 2.75) is 13.8 Å². The van der Waals surface area contributed by atoms with E-state index >= 15 is 0 Å². The van der Waals surface area contributed by atoms with Crippen LogP contribution in [0, 0.1) is 13.8 Å². The van der Waals surface area contributed by atoms with E-state index in [-0.39, 0.29) is 6.03 Å². The molecule has 3 heterocycles. The van der Waals surface area contributed by atoms with Crippen molar-refractivity contribution in [3.8, 4) is 0 Å². The number of carbonyl (C=O) groups is 1. The van der Waals surface area contributed by atoms with E-state index in [0.29, 0.717) is 39.4 Å². The molecule has 0 N–H and O–H groups in total. The fourth-order valence-corrected chi connectivity index (χ4v) is 2.72. The van der Waals surface area contributed by atoms with Crippen LogP contribution in [0.2, 0.25) is 0 Å². The maximum absolute atomic E-state index is 12.4. The fourth-order valence-electron chi connectivity index (χ4n) is 2.72. The highest BCUT2D eigenvalue weighted by Crippen LogP contribution is 2.14. The summed E-state index contributed by atoms with van der Waals surface area (Å²) in [5.41, 5.74) is 2.11. The van der Waals surface area contributed by atoms with Crippen LogP contribution in [0.25, 0.3) is 0 Å². The Kier molecular flexibility index (Phi) is 4.42. The number of piperazine rings is 1. The molecule has 0 unspecified atom stereocenters. The van der Waals surface area contributed by atoms with Gasteiger partial charge < -0.3 is 19.4 Å². The van der Waals surface area contributed by atoms with E-state index in [1.807, 2.05) is 29.8 Å². The van der Waals surface area contributed by atoms with Crippen LogP contribution >= 0.6 is 0 Å². The van der Waals surface area contributed by atoms with Crippen LogP contribution in [-0.2, 0) is 4.74 Å². The molecule has 22 heavy (non-hydrogen) atoms. The standard InChI is InChI=1S/C15H23N5O2/c1-12-11-16-14(17-13(12)2)18-3-5-19(6-4-18)15(21)20-7-9-22-10-8-20/h11H,3-10H2,1-2H3. The number of ether oxygens (including phenoxy) is 1. The lowest BCUT2D eigenvalue weighted by Gasteiger charge is -2.38. The highest BCUT2D eigenvalue weighted by molar-refractivity contribution is 5.74. The number of aromatic nitrogens is 2. The molecule has 2 fully saturated rings. The zero-order valence-electron chi connectivity index (χ0n) is 13.3. The first-order chi connectivity index (χ1) is 10.6. The number of nitrogens with zero attached hydrogens (tertiary/aromatic N) is 5. The van der Waals surface area contributed by atoms with Gasteiger partial charge in [-0.25, -0.2) is 14.8 Å². The van der Waals surface area contributed by atoms with Crippen LogP contribution in [0.5, 0.6) is 0 Å². The molecule has 0 atom stereocenters. The Labute approximate surface area is 130 Å². The molecule has 0 saturated carbocycles. The van der Waals surface area contributed by atoms with Gasteiger partial charge in [0, 0.05) is 51.2 Å². The predicted octanol–water partition coefficient (Wildman–Crippen LogP) is 0.668. The summed E-state index contributed by atoms with van der Waals surface area (Å²) in [6.45, 7) is 9.66. The molecule has 2 saturated heterocycles. The molecule has 0 spiro atoms. The number of hydrogen-bond donors (Lipinski definition) is 0. The Morgan fingerprint density at radius 2 is 1.68 bits per heavy atom. The molecule has 0 aromatic carbocycles. The number of aryl methyl sites for hydroxylation is 2. The van der Waals surface area contributed by atoms with E-state index in [0.717, 1.165) is 30.3 Å². The third kappa shape index (κ3) is 3.14. The summed E-state index contributed by atoms with van der Waals surface area (Å²) in [7, 11) is 0. The lowest BCUT2D eigenvalue weighted by molar-refractivity contribution is 0.0428. The predicted molar refractivity (Wildman–Crippen MR) is 83.1 cm³/mol. The maximum Gasteiger partial charge on any atom is 0.320 e. The van der Waals surface area contributed by atoms with Gasteiger partial charge in [-0.2, -0.15) is 0 Å². The van der Waals surface area contributed by atoms with Crippen molar-refractivity contribution in [1.29, 1.82) is 0 Å². The number of anilines is 1. The Bertz CT molecular complexity index is 537. The smallest absolute Gasteiger partial charge is 0.320 e. The van der Waals surface area contributed by atoms with Gasteiger partial charge in [-0.1, -0.05) is 0 Å². The molecule has 7 heteroatoms. The minimum atomic E-state index is 0.129. The minimum Gasteiger partial charge on any atom is -0.378 e. The first-order valence-corrected chi connectivity index (χ1v) is 7.82. The van der Waals surface area contributed by atoms with Gasteiger partial charge in [-0.05, 0) is 19.4 Å². The normalized spacial score (nSPS) is 19.5. The average Bonchev–Trinajstić information content (AvgIpc) is 2.58. The van der Waals surface area contributed by atoms with Crippen LogP contribution in [0.3, 0.4) is 0 Å². The van der Waals surface area contributed by atoms with E-state index in [1.165, 1.54) is 0 Å². The third-order valence-electron chi connectivity index (χ3n) is 4.33. The number of morpholine rings is 1. The van der Waals surface area contributed by atoms with Crippen molar-refractivity contribution in [3.05, 3.63) is 17.5 Å². The molecule has 7 nitrogen and oxygen atoms in total. The second kappa shape index (κ2) is 6.48. The Morgan fingerprint density at radius 3 is 2.32 bits per heavy atom. The molecule has 2 amide bonds. The lowest BCUT2D eigenvalue weighted by atomic mass is 10.3. The summed E-state index contributed by atoms with van der Waals surface area (Å²) < 4.78 is 5.30.